The maximum atomic E-state index is 10.7. The van der Waals surface area contributed by atoms with E-state index < -0.39 is 5.97 Å². The van der Waals surface area contributed by atoms with Crippen LogP contribution in [0.4, 0.5) is 11.4 Å². The van der Waals surface area contributed by atoms with E-state index in [0.29, 0.717) is 5.56 Å². The molecule has 2 aromatic carbocycles. The zero-order chi connectivity index (χ0) is 13.0. The predicted octanol–water partition coefficient (Wildman–Crippen LogP) is 3.85. The van der Waals surface area contributed by atoms with E-state index in [1.807, 2.05) is 24.5 Å². The van der Waals surface area contributed by atoms with Gasteiger partial charge < -0.3 is 10.4 Å². The molecule has 0 aliphatic heterocycles. The van der Waals surface area contributed by atoms with Gasteiger partial charge in [-0.2, -0.15) is 0 Å². The van der Waals surface area contributed by atoms with Crippen molar-refractivity contribution < 1.29 is 9.90 Å². The van der Waals surface area contributed by atoms with Gasteiger partial charge >= 0.3 is 5.97 Å². The van der Waals surface area contributed by atoms with Crippen molar-refractivity contribution in [3.05, 3.63) is 54.1 Å². The fraction of sp³-hybridized carbons (Fsp3) is 0.0714. The maximum absolute atomic E-state index is 10.7. The normalized spacial score (nSPS) is 10.1. The molecule has 0 amide bonds. The highest BCUT2D eigenvalue weighted by Crippen LogP contribution is 2.22. The Labute approximate surface area is 110 Å². The van der Waals surface area contributed by atoms with Crippen LogP contribution in [0.5, 0.6) is 0 Å². The molecular formula is C14H13NO2S. The number of nitrogens with one attached hydrogen (secondary N) is 1. The van der Waals surface area contributed by atoms with Crippen LogP contribution in [0.1, 0.15) is 10.4 Å². The third-order valence-corrected chi connectivity index (χ3v) is 3.22. The standard InChI is InChI=1S/C14H13NO2S/c1-18-13-4-2-3-12(9-13)15-11-7-5-10(6-8-11)14(16)17/h2-9,15H,1H3,(H,16,17). The number of benzene rings is 2. The van der Waals surface area contributed by atoms with Gasteiger partial charge in [-0.05, 0) is 48.7 Å². The third kappa shape index (κ3) is 3.05. The van der Waals surface area contributed by atoms with Crippen molar-refractivity contribution in [1.82, 2.24) is 0 Å². The van der Waals surface area contributed by atoms with Crippen LogP contribution in [0, 0.1) is 0 Å². The minimum atomic E-state index is -0.911. The molecule has 2 aromatic rings. The first-order valence-electron chi connectivity index (χ1n) is 5.43. The quantitative estimate of drug-likeness (QED) is 0.819. The van der Waals surface area contributed by atoms with E-state index in [2.05, 4.69) is 11.4 Å². The lowest BCUT2D eigenvalue weighted by Gasteiger charge is -2.07. The highest BCUT2D eigenvalue weighted by atomic mass is 32.2. The first-order valence-corrected chi connectivity index (χ1v) is 6.66. The summed E-state index contributed by atoms with van der Waals surface area (Å²) in [5, 5.41) is 12.0. The van der Waals surface area contributed by atoms with Crippen molar-refractivity contribution in [2.45, 2.75) is 4.90 Å². The molecule has 0 atom stereocenters. The molecule has 4 heteroatoms. The van der Waals surface area contributed by atoms with Gasteiger partial charge in [-0.25, -0.2) is 4.79 Å². The summed E-state index contributed by atoms with van der Waals surface area (Å²) >= 11 is 1.68. The third-order valence-electron chi connectivity index (χ3n) is 2.49. The molecule has 92 valence electrons. The highest BCUT2D eigenvalue weighted by Gasteiger charge is 2.02. The van der Waals surface area contributed by atoms with E-state index in [1.165, 1.54) is 4.90 Å². The van der Waals surface area contributed by atoms with Gasteiger partial charge in [-0.1, -0.05) is 6.07 Å². The molecule has 2 rings (SSSR count). The molecule has 0 bridgehead atoms. The molecule has 0 aliphatic carbocycles. The van der Waals surface area contributed by atoms with Crippen molar-refractivity contribution in [1.29, 1.82) is 0 Å². The predicted molar refractivity (Wildman–Crippen MR) is 74.9 cm³/mol. The van der Waals surface area contributed by atoms with E-state index in [4.69, 9.17) is 5.11 Å². The van der Waals surface area contributed by atoms with Crippen LogP contribution in [0.15, 0.2) is 53.4 Å². The summed E-state index contributed by atoms with van der Waals surface area (Å²) in [5.74, 6) is -0.911. The van der Waals surface area contributed by atoms with E-state index in [-0.39, 0.29) is 0 Å². The van der Waals surface area contributed by atoms with Crippen molar-refractivity contribution >= 4 is 29.1 Å². The number of rotatable bonds is 4. The minimum Gasteiger partial charge on any atom is -0.478 e. The molecule has 0 spiro atoms. The van der Waals surface area contributed by atoms with Crippen molar-refractivity contribution in [3.8, 4) is 0 Å². The second kappa shape index (κ2) is 5.60. The Balaban J connectivity index is 2.15. The molecule has 0 aliphatic rings. The number of carboxylic acid groups (broad SMARTS) is 1. The number of aromatic carboxylic acids is 1. The van der Waals surface area contributed by atoms with Gasteiger partial charge in [0.25, 0.3) is 0 Å². The van der Waals surface area contributed by atoms with Gasteiger partial charge in [-0.3, -0.25) is 0 Å². The van der Waals surface area contributed by atoms with Crippen LogP contribution in [0.2, 0.25) is 0 Å². The molecule has 0 aromatic heterocycles. The van der Waals surface area contributed by atoms with Crippen LogP contribution in [0.3, 0.4) is 0 Å². The smallest absolute Gasteiger partial charge is 0.335 e. The van der Waals surface area contributed by atoms with E-state index >= 15 is 0 Å². The fourth-order valence-electron chi connectivity index (χ4n) is 1.56. The fourth-order valence-corrected chi connectivity index (χ4v) is 2.02. The van der Waals surface area contributed by atoms with Crippen LogP contribution >= 0.6 is 11.8 Å². The van der Waals surface area contributed by atoms with Crippen LogP contribution in [-0.4, -0.2) is 17.3 Å². The molecule has 18 heavy (non-hydrogen) atoms. The minimum absolute atomic E-state index is 0.290. The lowest BCUT2D eigenvalue weighted by molar-refractivity contribution is 0.0697. The monoisotopic (exact) mass is 259 g/mol. The average molecular weight is 259 g/mol. The SMILES string of the molecule is CSc1cccc(Nc2ccc(C(=O)O)cc2)c1. The Kier molecular flexibility index (Phi) is 3.89. The van der Waals surface area contributed by atoms with E-state index in [9.17, 15) is 4.79 Å². The molecule has 0 fully saturated rings. The average Bonchev–Trinajstić information content (AvgIpc) is 2.39. The molecule has 0 saturated carbocycles. The van der Waals surface area contributed by atoms with Crippen LogP contribution < -0.4 is 5.32 Å². The Hall–Kier alpha value is -1.94. The number of carboxylic acids is 1. The van der Waals surface area contributed by atoms with Crippen LogP contribution in [-0.2, 0) is 0 Å². The number of thioether (sulfide) groups is 1. The molecule has 3 nitrogen and oxygen atoms in total. The van der Waals surface area contributed by atoms with Gasteiger partial charge in [0.05, 0.1) is 5.56 Å². The summed E-state index contributed by atoms with van der Waals surface area (Å²) < 4.78 is 0. The molecule has 2 N–H and O–H groups in total. The van der Waals surface area contributed by atoms with Crippen molar-refractivity contribution in [2.75, 3.05) is 11.6 Å². The number of hydrogen-bond acceptors (Lipinski definition) is 3. The molecule has 0 unspecified atom stereocenters. The number of anilines is 2. The second-order valence-corrected chi connectivity index (χ2v) is 4.62. The molecule has 0 heterocycles. The second-order valence-electron chi connectivity index (χ2n) is 3.74. The van der Waals surface area contributed by atoms with Gasteiger partial charge in [0.15, 0.2) is 0 Å². The topological polar surface area (TPSA) is 49.3 Å². The maximum Gasteiger partial charge on any atom is 0.335 e. The van der Waals surface area contributed by atoms with Gasteiger partial charge in [-0.15, -0.1) is 11.8 Å². The van der Waals surface area contributed by atoms with Crippen LogP contribution in [0.25, 0.3) is 0 Å². The van der Waals surface area contributed by atoms with E-state index in [1.54, 1.807) is 36.0 Å². The zero-order valence-electron chi connectivity index (χ0n) is 9.88. The summed E-state index contributed by atoms with van der Waals surface area (Å²) in [7, 11) is 0. The first kappa shape index (κ1) is 12.5. The Bertz CT molecular complexity index is 552. The summed E-state index contributed by atoms with van der Waals surface area (Å²) in [4.78, 5) is 11.9. The van der Waals surface area contributed by atoms with Gasteiger partial charge in [0, 0.05) is 16.3 Å². The van der Waals surface area contributed by atoms with Gasteiger partial charge in [0.2, 0.25) is 0 Å². The summed E-state index contributed by atoms with van der Waals surface area (Å²) in [6.07, 6.45) is 2.03. The molecule has 0 saturated heterocycles. The summed E-state index contributed by atoms with van der Waals surface area (Å²) in [5.41, 5.74) is 2.15. The summed E-state index contributed by atoms with van der Waals surface area (Å²) in [6.45, 7) is 0. The largest absolute Gasteiger partial charge is 0.478 e. The van der Waals surface area contributed by atoms with Gasteiger partial charge in [0.1, 0.15) is 0 Å². The van der Waals surface area contributed by atoms with Crippen molar-refractivity contribution in [3.63, 3.8) is 0 Å². The lowest BCUT2D eigenvalue weighted by atomic mass is 10.2. The molecule has 0 radical (unpaired) electrons. The molecular weight excluding hydrogens is 246 g/mol. The summed E-state index contributed by atoms with van der Waals surface area (Å²) in [6, 6.07) is 14.8. The Morgan fingerprint density at radius 3 is 2.44 bits per heavy atom. The Morgan fingerprint density at radius 2 is 1.83 bits per heavy atom. The highest BCUT2D eigenvalue weighted by molar-refractivity contribution is 7.98. The first-order chi connectivity index (χ1) is 8.69. The van der Waals surface area contributed by atoms with E-state index in [0.717, 1.165) is 11.4 Å². The Morgan fingerprint density at radius 1 is 1.11 bits per heavy atom. The van der Waals surface area contributed by atoms with Crippen molar-refractivity contribution in [2.24, 2.45) is 0 Å². The lowest BCUT2D eigenvalue weighted by Crippen LogP contribution is -1.96. The number of hydrogen-bond donors (Lipinski definition) is 2. The zero-order valence-corrected chi connectivity index (χ0v) is 10.7. The number of carbonyl (C=O) groups is 1.